The van der Waals surface area contributed by atoms with Crippen LogP contribution in [-0.2, 0) is 11.2 Å². The minimum atomic E-state index is -0.862. The van der Waals surface area contributed by atoms with E-state index in [1.807, 2.05) is 6.92 Å². The van der Waals surface area contributed by atoms with E-state index >= 15 is 0 Å². The van der Waals surface area contributed by atoms with Gasteiger partial charge >= 0.3 is 5.97 Å². The molecule has 0 aromatic carbocycles. The zero-order chi connectivity index (χ0) is 12.8. The molecule has 1 unspecified atom stereocenters. The summed E-state index contributed by atoms with van der Waals surface area (Å²) < 4.78 is 0. The summed E-state index contributed by atoms with van der Waals surface area (Å²) >= 11 is 0. The largest absolute Gasteiger partial charge is 0.481 e. The van der Waals surface area contributed by atoms with Gasteiger partial charge in [0.05, 0.1) is 0 Å². The molecule has 0 fully saturated rings. The van der Waals surface area contributed by atoms with Gasteiger partial charge in [-0.05, 0) is 25.8 Å². The predicted molar refractivity (Wildman–Crippen MR) is 61.8 cm³/mol. The van der Waals surface area contributed by atoms with E-state index in [0.717, 1.165) is 12.1 Å². The standard InChI is InChI=1S/C11H17N3O3/c1-3-8-6-9(14-13-8)11(17)12-7(2)4-5-10(15)16/h6-7H,3-5H2,1-2H3,(H,12,17)(H,13,14)(H,15,16). The van der Waals surface area contributed by atoms with Crippen molar-refractivity contribution in [1.29, 1.82) is 0 Å². The molecule has 6 nitrogen and oxygen atoms in total. The third-order valence-corrected chi connectivity index (χ3v) is 2.41. The highest BCUT2D eigenvalue weighted by Gasteiger charge is 2.13. The second kappa shape index (κ2) is 6.03. The minimum absolute atomic E-state index is 0.0439. The number of carboxylic acid groups (broad SMARTS) is 1. The van der Waals surface area contributed by atoms with Crippen LogP contribution >= 0.6 is 0 Å². The van der Waals surface area contributed by atoms with E-state index in [0.29, 0.717) is 12.1 Å². The number of rotatable bonds is 6. The van der Waals surface area contributed by atoms with Gasteiger partial charge < -0.3 is 10.4 Å². The molecule has 0 saturated carbocycles. The number of aryl methyl sites for hydroxylation is 1. The van der Waals surface area contributed by atoms with Gasteiger partial charge in [-0.15, -0.1) is 0 Å². The molecule has 17 heavy (non-hydrogen) atoms. The first-order chi connectivity index (χ1) is 8.02. The maximum absolute atomic E-state index is 11.7. The number of carboxylic acids is 1. The van der Waals surface area contributed by atoms with Crippen LogP contribution in [0.3, 0.4) is 0 Å². The van der Waals surface area contributed by atoms with Crippen molar-refractivity contribution in [2.75, 3.05) is 0 Å². The summed E-state index contributed by atoms with van der Waals surface area (Å²) in [4.78, 5) is 22.1. The number of hydrogen-bond donors (Lipinski definition) is 3. The van der Waals surface area contributed by atoms with Crippen molar-refractivity contribution in [2.24, 2.45) is 0 Å². The lowest BCUT2D eigenvalue weighted by atomic mass is 10.2. The van der Waals surface area contributed by atoms with Crippen molar-refractivity contribution in [3.05, 3.63) is 17.5 Å². The van der Waals surface area contributed by atoms with Gasteiger partial charge in [-0.25, -0.2) is 0 Å². The highest BCUT2D eigenvalue weighted by Crippen LogP contribution is 2.02. The molecule has 94 valence electrons. The molecular weight excluding hydrogens is 222 g/mol. The lowest BCUT2D eigenvalue weighted by Gasteiger charge is -2.11. The van der Waals surface area contributed by atoms with E-state index in [2.05, 4.69) is 15.5 Å². The van der Waals surface area contributed by atoms with Gasteiger partial charge in [0.1, 0.15) is 5.69 Å². The monoisotopic (exact) mass is 239 g/mol. The minimum Gasteiger partial charge on any atom is -0.481 e. The Balaban J connectivity index is 2.45. The Bertz CT molecular complexity index is 400. The van der Waals surface area contributed by atoms with E-state index in [1.54, 1.807) is 13.0 Å². The average Bonchev–Trinajstić information content (AvgIpc) is 2.74. The van der Waals surface area contributed by atoms with Gasteiger partial charge in [-0.1, -0.05) is 6.92 Å². The number of hydrogen-bond acceptors (Lipinski definition) is 3. The third kappa shape index (κ3) is 4.26. The van der Waals surface area contributed by atoms with E-state index in [-0.39, 0.29) is 18.4 Å². The summed E-state index contributed by atoms with van der Waals surface area (Å²) in [6, 6.07) is 1.51. The molecule has 1 heterocycles. The Morgan fingerprint density at radius 3 is 2.82 bits per heavy atom. The lowest BCUT2D eigenvalue weighted by molar-refractivity contribution is -0.137. The fourth-order valence-electron chi connectivity index (χ4n) is 1.37. The van der Waals surface area contributed by atoms with E-state index < -0.39 is 5.97 Å². The summed E-state index contributed by atoms with van der Waals surface area (Å²) in [5, 5.41) is 17.9. The fraction of sp³-hybridized carbons (Fsp3) is 0.545. The van der Waals surface area contributed by atoms with E-state index in [4.69, 9.17) is 5.11 Å². The number of amides is 1. The lowest BCUT2D eigenvalue weighted by Crippen LogP contribution is -2.33. The molecule has 1 atom stereocenters. The van der Waals surface area contributed by atoms with Crippen LogP contribution in [-0.4, -0.2) is 33.2 Å². The van der Waals surface area contributed by atoms with Gasteiger partial charge in [0.15, 0.2) is 0 Å². The summed E-state index contributed by atoms with van der Waals surface area (Å²) in [5.41, 5.74) is 1.23. The predicted octanol–water partition coefficient (Wildman–Crippen LogP) is 0.955. The summed E-state index contributed by atoms with van der Waals surface area (Å²) in [6.45, 7) is 3.74. The Morgan fingerprint density at radius 1 is 1.59 bits per heavy atom. The van der Waals surface area contributed by atoms with Gasteiger partial charge in [0.25, 0.3) is 5.91 Å². The Kier molecular flexibility index (Phi) is 4.68. The third-order valence-electron chi connectivity index (χ3n) is 2.41. The maximum Gasteiger partial charge on any atom is 0.303 e. The van der Waals surface area contributed by atoms with Gasteiger partial charge in [-0.3, -0.25) is 14.7 Å². The summed E-state index contributed by atoms with van der Waals surface area (Å²) in [5.74, 6) is -1.14. The van der Waals surface area contributed by atoms with Gasteiger partial charge in [-0.2, -0.15) is 5.10 Å². The van der Waals surface area contributed by atoms with Crippen molar-refractivity contribution < 1.29 is 14.7 Å². The van der Waals surface area contributed by atoms with Crippen LogP contribution in [0.5, 0.6) is 0 Å². The molecule has 1 amide bonds. The van der Waals surface area contributed by atoms with Gasteiger partial charge in [0, 0.05) is 18.2 Å². The van der Waals surface area contributed by atoms with E-state index in [1.165, 1.54) is 0 Å². The number of carbonyl (C=O) groups excluding carboxylic acids is 1. The highest BCUT2D eigenvalue weighted by atomic mass is 16.4. The van der Waals surface area contributed by atoms with Crippen LogP contribution in [0.1, 0.15) is 42.9 Å². The SMILES string of the molecule is CCc1cc(C(=O)NC(C)CCC(=O)O)n[nH]1. The maximum atomic E-state index is 11.7. The number of aromatic nitrogens is 2. The number of nitrogens with zero attached hydrogens (tertiary/aromatic N) is 1. The topological polar surface area (TPSA) is 95.1 Å². The zero-order valence-corrected chi connectivity index (χ0v) is 9.99. The number of aliphatic carboxylic acids is 1. The molecule has 6 heteroatoms. The number of nitrogens with one attached hydrogen (secondary N) is 2. The first-order valence-corrected chi connectivity index (χ1v) is 5.59. The summed E-state index contributed by atoms with van der Waals surface area (Å²) in [7, 11) is 0. The Labute approximate surface area is 99.4 Å². The smallest absolute Gasteiger partial charge is 0.303 e. The number of aromatic amines is 1. The molecule has 1 aromatic heterocycles. The Morgan fingerprint density at radius 2 is 2.29 bits per heavy atom. The molecule has 0 spiro atoms. The van der Waals surface area contributed by atoms with Crippen LogP contribution < -0.4 is 5.32 Å². The normalized spacial score (nSPS) is 12.1. The molecule has 1 rings (SSSR count). The average molecular weight is 239 g/mol. The van der Waals surface area contributed by atoms with Crippen LogP contribution in [0.25, 0.3) is 0 Å². The van der Waals surface area contributed by atoms with E-state index in [9.17, 15) is 9.59 Å². The van der Waals surface area contributed by atoms with Crippen molar-refractivity contribution >= 4 is 11.9 Å². The molecule has 0 bridgehead atoms. The first kappa shape index (κ1) is 13.2. The molecular formula is C11H17N3O3. The molecule has 1 aromatic rings. The molecule has 3 N–H and O–H groups in total. The second-order valence-corrected chi connectivity index (χ2v) is 3.94. The van der Waals surface area contributed by atoms with Crippen LogP contribution in [0.4, 0.5) is 0 Å². The number of H-pyrrole nitrogens is 1. The number of carbonyl (C=O) groups is 2. The molecule has 0 saturated heterocycles. The Hall–Kier alpha value is -1.85. The van der Waals surface area contributed by atoms with Crippen molar-refractivity contribution in [1.82, 2.24) is 15.5 Å². The first-order valence-electron chi connectivity index (χ1n) is 5.59. The van der Waals surface area contributed by atoms with Crippen molar-refractivity contribution in [2.45, 2.75) is 39.2 Å². The highest BCUT2D eigenvalue weighted by molar-refractivity contribution is 5.92. The quantitative estimate of drug-likeness (QED) is 0.689. The fourth-order valence-corrected chi connectivity index (χ4v) is 1.37. The van der Waals surface area contributed by atoms with Crippen LogP contribution in [0.2, 0.25) is 0 Å². The van der Waals surface area contributed by atoms with Crippen LogP contribution in [0, 0.1) is 0 Å². The molecule has 0 radical (unpaired) electrons. The summed E-state index contributed by atoms with van der Waals surface area (Å²) in [6.07, 6.45) is 1.24. The van der Waals surface area contributed by atoms with Gasteiger partial charge in [0.2, 0.25) is 0 Å². The van der Waals surface area contributed by atoms with Crippen LogP contribution in [0.15, 0.2) is 6.07 Å². The molecule has 0 aliphatic rings. The van der Waals surface area contributed by atoms with Crippen molar-refractivity contribution in [3.63, 3.8) is 0 Å². The molecule has 0 aliphatic heterocycles. The second-order valence-electron chi connectivity index (χ2n) is 3.94. The van der Waals surface area contributed by atoms with Crippen molar-refractivity contribution in [3.8, 4) is 0 Å². The molecule has 0 aliphatic carbocycles. The zero-order valence-electron chi connectivity index (χ0n) is 9.99.